The maximum atomic E-state index is 12.1. The maximum Gasteiger partial charge on any atom is 0.335 e. The Morgan fingerprint density at radius 3 is 2.58 bits per heavy atom. The Hall–Kier alpha value is -2.57. The van der Waals surface area contributed by atoms with Gasteiger partial charge in [0.15, 0.2) is 0 Å². The van der Waals surface area contributed by atoms with Gasteiger partial charge in [0.2, 0.25) is 11.8 Å². The molecule has 7 nitrogen and oxygen atoms in total. The fraction of sp³-hybridized carbons (Fsp3) is 0.526. The monoisotopic (exact) mass is 362 g/mol. The highest BCUT2D eigenvalue weighted by Gasteiger charge is 2.25. The molecule has 1 aliphatic rings. The van der Waals surface area contributed by atoms with Gasteiger partial charge in [-0.1, -0.05) is 18.9 Å². The number of aromatic carboxylic acids is 1. The van der Waals surface area contributed by atoms with Crippen molar-refractivity contribution in [2.75, 3.05) is 13.7 Å². The predicted molar refractivity (Wildman–Crippen MR) is 96.2 cm³/mol. The van der Waals surface area contributed by atoms with E-state index in [1.807, 2.05) is 0 Å². The number of carboxylic acids is 1. The quantitative estimate of drug-likeness (QED) is 0.653. The van der Waals surface area contributed by atoms with Crippen molar-refractivity contribution in [1.82, 2.24) is 10.6 Å². The van der Waals surface area contributed by atoms with Gasteiger partial charge in [-0.05, 0) is 43.9 Å². The summed E-state index contributed by atoms with van der Waals surface area (Å²) in [5, 5.41) is 14.6. The molecule has 0 aromatic heterocycles. The third-order valence-corrected chi connectivity index (χ3v) is 4.71. The van der Waals surface area contributed by atoms with Crippen LogP contribution < -0.4 is 15.4 Å². The van der Waals surface area contributed by atoms with Crippen LogP contribution in [0.3, 0.4) is 0 Å². The largest absolute Gasteiger partial charge is 0.496 e. The van der Waals surface area contributed by atoms with Crippen molar-refractivity contribution in [1.29, 1.82) is 0 Å². The lowest BCUT2D eigenvalue weighted by Gasteiger charge is -2.17. The molecular weight excluding hydrogens is 336 g/mol. The van der Waals surface area contributed by atoms with Crippen molar-refractivity contribution < 1.29 is 24.2 Å². The molecule has 0 radical (unpaired) electrons. The number of carbonyl (C=O) groups is 3. The third kappa shape index (κ3) is 5.21. The minimum absolute atomic E-state index is 0.0299. The molecule has 3 N–H and O–H groups in total. The summed E-state index contributed by atoms with van der Waals surface area (Å²) in [4.78, 5) is 35.2. The van der Waals surface area contributed by atoms with Crippen molar-refractivity contribution in [2.45, 2.75) is 45.1 Å². The Morgan fingerprint density at radius 1 is 1.27 bits per heavy atom. The minimum atomic E-state index is -1.02. The van der Waals surface area contributed by atoms with Crippen LogP contribution in [0.2, 0.25) is 0 Å². The van der Waals surface area contributed by atoms with Crippen molar-refractivity contribution in [2.24, 2.45) is 5.92 Å². The Morgan fingerprint density at radius 2 is 1.96 bits per heavy atom. The highest BCUT2D eigenvalue weighted by atomic mass is 16.5. The van der Waals surface area contributed by atoms with E-state index in [1.165, 1.54) is 19.2 Å². The molecule has 1 fully saturated rings. The van der Waals surface area contributed by atoms with Crippen LogP contribution in [0.15, 0.2) is 18.2 Å². The highest BCUT2D eigenvalue weighted by molar-refractivity contribution is 5.89. The van der Waals surface area contributed by atoms with Gasteiger partial charge in [0.1, 0.15) is 11.8 Å². The number of nitrogens with one attached hydrogen (secondary N) is 2. The first kappa shape index (κ1) is 19.8. The third-order valence-electron chi connectivity index (χ3n) is 4.71. The SMILES string of the molecule is COc1cc(C(=O)O)ccc1CCNC(=O)C(C)NC(=O)C1CCCC1. The van der Waals surface area contributed by atoms with Gasteiger partial charge >= 0.3 is 5.97 Å². The average molecular weight is 362 g/mol. The molecule has 0 saturated heterocycles. The number of hydrogen-bond acceptors (Lipinski definition) is 4. The van der Waals surface area contributed by atoms with Crippen LogP contribution in [-0.4, -0.2) is 42.6 Å². The number of methoxy groups -OCH3 is 1. The fourth-order valence-electron chi connectivity index (χ4n) is 3.14. The number of amides is 2. The zero-order valence-corrected chi connectivity index (χ0v) is 15.2. The molecule has 1 atom stereocenters. The van der Waals surface area contributed by atoms with E-state index in [-0.39, 0.29) is 23.3 Å². The summed E-state index contributed by atoms with van der Waals surface area (Å²) in [6, 6.07) is 4.07. The van der Waals surface area contributed by atoms with Gasteiger partial charge in [-0.2, -0.15) is 0 Å². The molecular formula is C19H26N2O5. The second-order valence-electron chi connectivity index (χ2n) is 6.58. The molecule has 7 heteroatoms. The van der Waals surface area contributed by atoms with Gasteiger partial charge in [-0.3, -0.25) is 9.59 Å². The standard InChI is InChI=1S/C19H26N2O5/c1-12(21-18(23)14-5-3-4-6-14)17(22)20-10-9-13-7-8-15(19(24)25)11-16(13)26-2/h7-8,11-12,14H,3-6,9-10H2,1-2H3,(H,20,22)(H,21,23)(H,24,25). The second kappa shape index (κ2) is 9.22. The van der Waals surface area contributed by atoms with Crippen molar-refractivity contribution in [3.8, 4) is 5.75 Å². The first-order chi connectivity index (χ1) is 12.4. The van der Waals surface area contributed by atoms with Crippen LogP contribution >= 0.6 is 0 Å². The van der Waals surface area contributed by atoms with Gasteiger partial charge in [0.25, 0.3) is 0 Å². The molecule has 2 amide bonds. The summed E-state index contributed by atoms with van der Waals surface area (Å²) in [7, 11) is 1.48. The molecule has 0 aliphatic heterocycles. The molecule has 2 rings (SSSR count). The average Bonchev–Trinajstić information content (AvgIpc) is 3.16. The van der Waals surface area contributed by atoms with E-state index < -0.39 is 12.0 Å². The molecule has 0 heterocycles. The van der Waals surface area contributed by atoms with Crippen LogP contribution in [0, 0.1) is 5.92 Å². The number of carboxylic acid groups (broad SMARTS) is 1. The number of hydrogen-bond donors (Lipinski definition) is 3. The molecule has 1 aromatic rings. The van der Waals surface area contributed by atoms with Gasteiger partial charge in [-0.25, -0.2) is 4.79 Å². The van der Waals surface area contributed by atoms with Gasteiger partial charge in [0.05, 0.1) is 12.7 Å². The molecule has 0 spiro atoms. The Balaban J connectivity index is 1.82. The zero-order valence-electron chi connectivity index (χ0n) is 15.2. The van der Waals surface area contributed by atoms with Crippen LogP contribution in [0.25, 0.3) is 0 Å². The summed E-state index contributed by atoms with van der Waals surface area (Å²) < 4.78 is 5.22. The van der Waals surface area contributed by atoms with Crippen LogP contribution in [0.5, 0.6) is 5.75 Å². The Kier molecular flexibility index (Phi) is 7.00. The second-order valence-corrected chi connectivity index (χ2v) is 6.58. The molecule has 1 unspecified atom stereocenters. The lowest BCUT2D eigenvalue weighted by atomic mass is 10.1. The molecule has 26 heavy (non-hydrogen) atoms. The molecule has 142 valence electrons. The molecule has 1 aliphatic carbocycles. The van der Waals surface area contributed by atoms with Crippen molar-refractivity contribution >= 4 is 17.8 Å². The predicted octanol–water partition coefficient (Wildman–Crippen LogP) is 1.75. The normalized spacial score (nSPS) is 15.3. The first-order valence-electron chi connectivity index (χ1n) is 8.90. The Labute approximate surface area is 153 Å². The first-order valence-corrected chi connectivity index (χ1v) is 8.90. The zero-order chi connectivity index (χ0) is 19.1. The van der Waals surface area contributed by atoms with Crippen LogP contribution in [-0.2, 0) is 16.0 Å². The summed E-state index contributed by atoms with van der Waals surface area (Å²) in [5.41, 5.74) is 0.957. The summed E-state index contributed by atoms with van der Waals surface area (Å²) in [6.45, 7) is 2.04. The molecule has 1 aromatic carbocycles. The summed E-state index contributed by atoms with van der Waals surface area (Å²) in [5.74, 6) is -0.799. The van der Waals surface area contributed by atoms with Gasteiger partial charge in [0, 0.05) is 12.5 Å². The topological polar surface area (TPSA) is 105 Å². The van der Waals surface area contributed by atoms with E-state index in [4.69, 9.17) is 9.84 Å². The number of benzene rings is 1. The van der Waals surface area contributed by atoms with E-state index >= 15 is 0 Å². The molecule has 1 saturated carbocycles. The van der Waals surface area contributed by atoms with Crippen LogP contribution in [0.4, 0.5) is 0 Å². The minimum Gasteiger partial charge on any atom is -0.496 e. The van der Waals surface area contributed by atoms with E-state index in [0.717, 1.165) is 31.2 Å². The summed E-state index contributed by atoms with van der Waals surface area (Å²) in [6.07, 6.45) is 4.43. The van der Waals surface area contributed by atoms with Crippen molar-refractivity contribution in [3.05, 3.63) is 29.3 Å². The number of ether oxygens (including phenoxy) is 1. The fourth-order valence-corrected chi connectivity index (χ4v) is 3.14. The van der Waals surface area contributed by atoms with E-state index in [9.17, 15) is 14.4 Å². The van der Waals surface area contributed by atoms with Gasteiger partial charge < -0.3 is 20.5 Å². The van der Waals surface area contributed by atoms with Gasteiger partial charge in [-0.15, -0.1) is 0 Å². The van der Waals surface area contributed by atoms with E-state index in [1.54, 1.807) is 13.0 Å². The molecule has 0 bridgehead atoms. The maximum absolute atomic E-state index is 12.1. The van der Waals surface area contributed by atoms with Crippen LogP contribution in [0.1, 0.15) is 48.5 Å². The van der Waals surface area contributed by atoms with E-state index in [0.29, 0.717) is 18.7 Å². The van der Waals surface area contributed by atoms with E-state index in [2.05, 4.69) is 10.6 Å². The Bertz CT molecular complexity index is 668. The summed E-state index contributed by atoms with van der Waals surface area (Å²) >= 11 is 0. The lowest BCUT2D eigenvalue weighted by molar-refractivity contribution is -0.130. The lowest BCUT2D eigenvalue weighted by Crippen LogP contribution is -2.46. The van der Waals surface area contributed by atoms with Crippen molar-refractivity contribution in [3.63, 3.8) is 0 Å². The number of rotatable bonds is 8. The smallest absolute Gasteiger partial charge is 0.335 e. The number of carbonyl (C=O) groups excluding carboxylic acids is 2. The highest BCUT2D eigenvalue weighted by Crippen LogP contribution is 2.24.